The zero-order valence-corrected chi connectivity index (χ0v) is 15.3. The van der Waals surface area contributed by atoms with Gasteiger partial charge in [-0.2, -0.15) is 5.10 Å². The number of rotatable bonds is 5. The van der Waals surface area contributed by atoms with Crippen molar-refractivity contribution in [1.82, 2.24) is 20.0 Å². The second-order valence-corrected chi connectivity index (χ2v) is 6.40. The standard InChI is InChI=1S/C15H16N6O4S/c1-8-5-6-16-21(8)15-19-18-14(26-15)17-12(22)10-7-9(20(2)3)11(24-4)13(23)25-10/h5-7H,1-4H3,(H,17,18,22). The van der Waals surface area contributed by atoms with E-state index in [0.29, 0.717) is 10.8 Å². The number of ether oxygens (including phenoxy) is 1. The molecule has 0 fully saturated rings. The summed E-state index contributed by atoms with van der Waals surface area (Å²) in [7, 11) is 4.81. The van der Waals surface area contributed by atoms with E-state index in [1.165, 1.54) is 13.2 Å². The molecule has 0 saturated heterocycles. The van der Waals surface area contributed by atoms with Crippen LogP contribution in [0, 0.1) is 6.92 Å². The number of carbonyl (C=O) groups is 1. The van der Waals surface area contributed by atoms with E-state index in [4.69, 9.17) is 9.15 Å². The number of amides is 1. The van der Waals surface area contributed by atoms with Gasteiger partial charge in [-0.1, -0.05) is 11.3 Å². The lowest BCUT2D eigenvalue weighted by atomic mass is 10.3. The molecule has 3 heterocycles. The summed E-state index contributed by atoms with van der Waals surface area (Å²) in [6, 6.07) is 3.25. The summed E-state index contributed by atoms with van der Waals surface area (Å²) >= 11 is 1.14. The van der Waals surface area contributed by atoms with Crippen LogP contribution in [-0.4, -0.2) is 47.1 Å². The van der Waals surface area contributed by atoms with Crippen LogP contribution < -0.4 is 20.6 Å². The second-order valence-electron chi connectivity index (χ2n) is 5.44. The van der Waals surface area contributed by atoms with Crippen molar-refractivity contribution in [2.45, 2.75) is 6.92 Å². The maximum absolute atomic E-state index is 12.4. The molecule has 0 spiro atoms. The third kappa shape index (κ3) is 3.28. The van der Waals surface area contributed by atoms with Crippen molar-refractivity contribution in [1.29, 1.82) is 0 Å². The predicted molar refractivity (Wildman–Crippen MR) is 95.6 cm³/mol. The molecule has 0 aliphatic carbocycles. The summed E-state index contributed by atoms with van der Waals surface area (Å²) in [5.74, 6) is -0.752. The highest BCUT2D eigenvalue weighted by atomic mass is 32.1. The lowest BCUT2D eigenvalue weighted by Gasteiger charge is -2.15. The molecule has 0 saturated carbocycles. The van der Waals surface area contributed by atoms with E-state index in [-0.39, 0.29) is 16.6 Å². The van der Waals surface area contributed by atoms with Crippen molar-refractivity contribution < 1.29 is 13.9 Å². The van der Waals surface area contributed by atoms with Gasteiger partial charge in [-0.3, -0.25) is 10.1 Å². The number of aryl methyl sites for hydroxylation is 1. The van der Waals surface area contributed by atoms with Crippen LogP contribution in [0.25, 0.3) is 5.13 Å². The van der Waals surface area contributed by atoms with E-state index >= 15 is 0 Å². The van der Waals surface area contributed by atoms with Gasteiger partial charge in [0.1, 0.15) is 0 Å². The quantitative estimate of drug-likeness (QED) is 0.709. The Hall–Kier alpha value is -3.21. The van der Waals surface area contributed by atoms with Gasteiger partial charge in [0.05, 0.1) is 12.8 Å². The molecule has 1 amide bonds. The summed E-state index contributed by atoms with van der Waals surface area (Å²) in [5, 5.41) is 15.4. The average Bonchev–Trinajstić information content (AvgIpc) is 3.22. The van der Waals surface area contributed by atoms with Gasteiger partial charge in [-0.25, -0.2) is 9.48 Å². The molecule has 3 aromatic heterocycles. The number of methoxy groups -OCH3 is 1. The van der Waals surface area contributed by atoms with Crippen molar-refractivity contribution in [3.8, 4) is 10.9 Å². The third-order valence-corrected chi connectivity index (χ3v) is 4.26. The summed E-state index contributed by atoms with van der Waals surface area (Å²) in [4.78, 5) is 26.1. The van der Waals surface area contributed by atoms with Gasteiger partial charge in [-0.15, -0.1) is 10.2 Å². The van der Waals surface area contributed by atoms with E-state index in [0.717, 1.165) is 17.0 Å². The maximum Gasteiger partial charge on any atom is 0.381 e. The SMILES string of the molecule is COc1c(N(C)C)cc(C(=O)Nc2nnc(-n3nccc3C)s2)oc1=O. The van der Waals surface area contributed by atoms with Crippen LogP contribution in [0.1, 0.15) is 16.2 Å². The maximum atomic E-state index is 12.4. The van der Waals surface area contributed by atoms with E-state index in [9.17, 15) is 9.59 Å². The molecule has 1 N–H and O–H groups in total. The minimum Gasteiger partial charge on any atom is -0.488 e. The van der Waals surface area contributed by atoms with E-state index in [1.807, 2.05) is 13.0 Å². The largest absolute Gasteiger partial charge is 0.488 e. The average molecular weight is 376 g/mol. The van der Waals surface area contributed by atoms with Crippen LogP contribution in [0.15, 0.2) is 27.5 Å². The zero-order chi connectivity index (χ0) is 18.8. The van der Waals surface area contributed by atoms with Gasteiger partial charge in [0.25, 0.3) is 5.91 Å². The fourth-order valence-corrected chi connectivity index (χ4v) is 2.94. The Balaban J connectivity index is 1.86. The fourth-order valence-electron chi connectivity index (χ4n) is 2.18. The Bertz CT molecular complexity index is 1010. The topological polar surface area (TPSA) is 115 Å². The highest BCUT2D eigenvalue weighted by Gasteiger charge is 2.20. The van der Waals surface area contributed by atoms with Crippen molar-refractivity contribution in [2.75, 3.05) is 31.4 Å². The molecule has 0 radical (unpaired) electrons. The minimum absolute atomic E-state index is 0.0268. The Morgan fingerprint density at radius 2 is 2.15 bits per heavy atom. The normalized spacial score (nSPS) is 10.6. The Morgan fingerprint density at radius 1 is 1.38 bits per heavy atom. The summed E-state index contributed by atoms with van der Waals surface area (Å²) in [6.07, 6.45) is 1.64. The number of carbonyl (C=O) groups excluding carboxylic acids is 1. The molecule has 0 unspecified atom stereocenters. The van der Waals surface area contributed by atoms with Gasteiger partial charge in [0.15, 0.2) is 5.76 Å². The van der Waals surface area contributed by atoms with Crippen LogP contribution in [0.2, 0.25) is 0 Å². The Morgan fingerprint density at radius 3 is 2.77 bits per heavy atom. The van der Waals surface area contributed by atoms with Gasteiger partial charge < -0.3 is 14.1 Å². The monoisotopic (exact) mass is 376 g/mol. The Labute approximate surface area is 152 Å². The molecule has 0 atom stereocenters. The molecule has 0 bridgehead atoms. The molecular weight excluding hydrogens is 360 g/mol. The lowest BCUT2D eigenvalue weighted by Crippen LogP contribution is -2.20. The highest BCUT2D eigenvalue weighted by Crippen LogP contribution is 2.25. The predicted octanol–water partition coefficient (Wildman–Crippen LogP) is 1.31. The molecular formula is C15H16N6O4S. The number of nitrogens with one attached hydrogen (secondary N) is 1. The van der Waals surface area contributed by atoms with Gasteiger partial charge in [-0.05, 0) is 13.0 Å². The molecule has 26 heavy (non-hydrogen) atoms. The number of anilines is 2. The first-order chi connectivity index (χ1) is 12.4. The smallest absolute Gasteiger partial charge is 0.381 e. The van der Waals surface area contributed by atoms with E-state index in [2.05, 4.69) is 20.6 Å². The van der Waals surface area contributed by atoms with E-state index < -0.39 is 11.5 Å². The molecule has 0 aliphatic rings. The number of hydrogen-bond acceptors (Lipinski definition) is 9. The Kier molecular flexibility index (Phi) is 4.71. The molecule has 11 heteroatoms. The fraction of sp³-hybridized carbons (Fsp3) is 0.267. The van der Waals surface area contributed by atoms with Gasteiger partial charge in [0, 0.05) is 32.1 Å². The van der Waals surface area contributed by atoms with Crippen LogP contribution >= 0.6 is 11.3 Å². The zero-order valence-electron chi connectivity index (χ0n) is 14.5. The number of hydrogen-bond donors (Lipinski definition) is 1. The van der Waals surface area contributed by atoms with Gasteiger partial charge in [0.2, 0.25) is 16.0 Å². The van der Waals surface area contributed by atoms with Gasteiger partial charge >= 0.3 is 5.63 Å². The summed E-state index contributed by atoms with van der Waals surface area (Å²) in [6.45, 7) is 1.88. The molecule has 0 aromatic carbocycles. The molecule has 0 aliphatic heterocycles. The molecule has 136 valence electrons. The van der Waals surface area contributed by atoms with Crippen molar-refractivity contribution in [3.63, 3.8) is 0 Å². The van der Waals surface area contributed by atoms with Crippen LogP contribution in [0.3, 0.4) is 0 Å². The lowest BCUT2D eigenvalue weighted by molar-refractivity contribution is 0.0991. The highest BCUT2D eigenvalue weighted by molar-refractivity contribution is 7.17. The van der Waals surface area contributed by atoms with Crippen molar-refractivity contribution >= 4 is 28.1 Å². The summed E-state index contributed by atoms with van der Waals surface area (Å²) < 4.78 is 11.7. The third-order valence-electron chi connectivity index (χ3n) is 3.45. The van der Waals surface area contributed by atoms with E-state index in [1.54, 1.807) is 29.9 Å². The first kappa shape index (κ1) is 17.6. The van der Waals surface area contributed by atoms with Crippen LogP contribution in [-0.2, 0) is 0 Å². The van der Waals surface area contributed by atoms with Crippen molar-refractivity contribution in [2.24, 2.45) is 0 Å². The summed E-state index contributed by atoms with van der Waals surface area (Å²) in [5.41, 5.74) is 0.573. The van der Waals surface area contributed by atoms with Crippen molar-refractivity contribution in [3.05, 3.63) is 40.2 Å². The first-order valence-corrected chi connectivity index (χ1v) is 8.27. The minimum atomic E-state index is -0.742. The molecule has 10 nitrogen and oxygen atoms in total. The van der Waals surface area contributed by atoms with Crippen LogP contribution in [0.4, 0.5) is 10.8 Å². The number of aromatic nitrogens is 4. The second kappa shape index (κ2) is 6.96. The van der Waals surface area contributed by atoms with Crippen LogP contribution in [0.5, 0.6) is 5.75 Å². The first-order valence-electron chi connectivity index (χ1n) is 7.46. The molecule has 3 rings (SSSR count). The number of nitrogens with zero attached hydrogens (tertiary/aromatic N) is 5. The molecule has 3 aromatic rings.